The van der Waals surface area contributed by atoms with E-state index in [0.29, 0.717) is 0 Å². The summed E-state index contributed by atoms with van der Waals surface area (Å²) in [5.41, 5.74) is 0. The molecule has 66 valence electrons. The van der Waals surface area contributed by atoms with E-state index in [0.717, 1.165) is 0 Å². The van der Waals surface area contributed by atoms with Gasteiger partial charge >= 0.3 is 0 Å². The first-order chi connectivity index (χ1) is 5.20. The van der Waals surface area contributed by atoms with E-state index in [1.807, 2.05) is 0 Å². The highest BCUT2D eigenvalue weighted by atomic mass is 16.7. The van der Waals surface area contributed by atoms with E-state index in [-0.39, 0.29) is 6.61 Å². The Balaban J connectivity index is 2.57. The molecule has 1 heterocycles. The fourth-order valence-corrected chi connectivity index (χ4v) is 1.16. The highest BCUT2D eigenvalue weighted by molar-refractivity contribution is 4.86. The minimum Gasteiger partial charge on any atom is -0.394 e. The van der Waals surface area contributed by atoms with Gasteiger partial charge in [-0.1, -0.05) is 0 Å². The summed E-state index contributed by atoms with van der Waals surface area (Å²) in [6, 6.07) is 0. The topological polar surface area (TPSA) is 79.2 Å². The number of hydrogen-bond acceptors (Lipinski definition) is 5. The average Bonchev–Trinajstić information content (AvgIpc) is 2.28. The van der Waals surface area contributed by atoms with Crippen LogP contribution in [0.1, 0.15) is 0 Å². The van der Waals surface area contributed by atoms with Gasteiger partial charge < -0.3 is 24.8 Å². The van der Waals surface area contributed by atoms with Crippen molar-refractivity contribution in [3.8, 4) is 0 Å². The molecule has 1 aliphatic rings. The Morgan fingerprint density at radius 3 is 2.45 bits per heavy atom. The van der Waals surface area contributed by atoms with Crippen molar-refractivity contribution in [2.24, 2.45) is 0 Å². The lowest BCUT2D eigenvalue weighted by atomic mass is 10.1. The molecular formula is C6H12O5. The lowest BCUT2D eigenvalue weighted by molar-refractivity contribution is -0.132. The summed E-state index contributed by atoms with van der Waals surface area (Å²) in [4.78, 5) is 0. The molecule has 1 rings (SSSR count). The zero-order valence-corrected chi connectivity index (χ0v) is 6.17. The molecule has 0 radical (unpaired) electrons. The summed E-state index contributed by atoms with van der Waals surface area (Å²) in [5.74, 6) is 0. The van der Waals surface area contributed by atoms with Crippen LogP contribution < -0.4 is 0 Å². The molecule has 1 saturated heterocycles. The molecule has 4 atom stereocenters. The molecule has 0 unspecified atom stereocenters. The number of hydrogen-bond donors (Lipinski definition) is 3. The second kappa shape index (κ2) is 3.46. The van der Waals surface area contributed by atoms with E-state index in [4.69, 9.17) is 24.8 Å². The van der Waals surface area contributed by atoms with Crippen molar-refractivity contribution in [2.75, 3.05) is 13.7 Å². The molecule has 11 heavy (non-hydrogen) atoms. The summed E-state index contributed by atoms with van der Waals surface area (Å²) < 4.78 is 9.56. The molecule has 0 spiro atoms. The largest absolute Gasteiger partial charge is 0.394 e. The predicted octanol–water partition coefficient (Wildman–Crippen LogP) is -1.93. The second-order valence-electron chi connectivity index (χ2n) is 2.44. The number of ether oxygens (including phenoxy) is 2. The van der Waals surface area contributed by atoms with Gasteiger partial charge in [-0.2, -0.15) is 0 Å². The SMILES string of the molecule is CO[C@@H]1[C@@H](O)[C@H](O)O[C@H]1CO. The molecule has 0 saturated carbocycles. The van der Waals surface area contributed by atoms with Gasteiger partial charge in [0.2, 0.25) is 0 Å². The molecule has 0 aromatic carbocycles. The van der Waals surface area contributed by atoms with Crippen LogP contribution in [0.2, 0.25) is 0 Å². The van der Waals surface area contributed by atoms with Crippen molar-refractivity contribution in [3.05, 3.63) is 0 Å². The zero-order chi connectivity index (χ0) is 8.43. The van der Waals surface area contributed by atoms with E-state index < -0.39 is 24.6 Å². The van der Waals surface area contributed by atoms with Crippen LogP contribution in [0.4, 0.5) is 0 Å². The minimum absolute atomic E-state index is 0.271. The van der Waals surface area contributed by atoms with E-state index in [1.165, 1.54) is 7.11 Å². The standard InChI is InChI=1S/C6H12O5/c1-10-5-3(2-7)11-6(9)4(5)8/h3-9H,2H2,1H3/t3-,4+,5-,6+/m0/s1. The van der Waals surface area contributed by atoms with Gasteiger partial charge in [0.05, 0.1) is 6.61 Å². The van der Waals surface area contributed by atoms with Gasteiger partial charge in [0.25, 0.3) is 0 Å². The van der Waals surface area contributed by atoms with Crippen molar-refractivity contribution in [1.29, 1.82) is 0 Å². The van der Waals surface area contributed by atoms with Gasteiger partial charge in [-0.3, -0.25) is 0 Å². The molecular weight excluding hydrogens is 152 g/mol. The molecule has 5 nitrogen and oxygen atoms in total. The van der Waals surface area contributed by atoms with Crippen LogP contribution in [0.25, 0.3) is 0 Å². The number of methoxy groups -OCH3 is 1. The highest BCUT2D eigenvalue weighted by Gasteiger charge is 2.42. The first kappa shape index (κ1) is 8.89. The van der Waals surface area contributed by atoms with Gasteiger partial charge in [0.1, 0.15) is 18.3 Å². The monoisotopic (exact) mass is 164 g/mol. The van der Waals surface area contributed by atoms with Crippen LogP contribution in [0.5, 0.6) is 0 Å². The predicted molar refractivity (Wildman–Crippen MR) is 34.8 cm³/mol. The van der Waals surface area contributed by atoms with Gasteiger partial charge in [-0.05, 0) is 0 Å². The van der Waals surface area contributed by atoms with Crippen LogP contribution in [0.15, 0.2) is 0 Å². The maximum atomic E-state index is 9.15. The Kier molecular flexibility index (Phi) is 2.80. The molecule has 1 aliphatic heterocycles. The van der Waals surface area contributed by atoms with E-state index >= 15 is 0 Å². The number of aliphatic hydroxyl groups is 3. The average molecular weight is 164 g/mol. The minimum atomic E-state index is -1.25. The first-order valence-electron chi connectivity index (χ1n) is 3.36. The van der Waals surface area contributed by atoms with Crippen molar-refractivity contribution in [2.45, 2.75) is 24.6 Å². The third kappa shape index (κ3) is 1.52. The Morgan fingerprint density at radius 1 is 1.45 bits per heavy atom. The fraction of sp³-hybridized carbons (Fsp3) is 1.00. The quantitative estimate of drug-likeness (QED) is 0.443. The maximum absolute atomic E-state index is 9.15. The Morgan fingerprint density at radius 2 is 2.09 bits per heavy atom. The highest BCUT2D eigenvalue weighted by Crippen LogP contribution is 2.21. The van der Waals surface area contributed by atoms with Gasteiger partial charge in [0.15, 0.2) is 6.29 Å². The molecule has 0 aromatic heterocycles. The smallest absolute Gasteiger partial charge is 0.184 e. The molecule has 0 aromatic rings. The molecule has 5 heteroatoms. The van der Waals surface area contributed by atoms with Crippen molar-refractivity contribution in [3.63, 3.8) is 0 Å². The zero-order valence-electron chi connectivity index (χ0n) is 6.17. The molecule has 3 N–H and O–H groups in total. The van der Waals surface area contributed by atoms with Crippen LogP contribution in [0.3, 0.4) is 0 Å². The lowest BCUT2D eigenvalue weighted by Crippen LogP contribution is -2.35. The van der Waals surface area contributed by atoms with Crippen LogP contribution >= 0.6 is 0 Å². The molecule has 0 amide bonds. The molecule has 0 aliphatic carbocycles. The third-order valence-corrected chi connectivity index (χ3v) is 1.76. The van der Waals surface area contributed by atoms with Gasteiger partial charge in [-0.25, -0.2) is 0 Å². The summed E-state index contributed by atoms with van der Waals surface area (Å²) in [7, 11) is 1.39. The van der Waals surface area contributed by atoms with Crippen LogP contribution in [-0.4, -0.2) is 53.6 Å². The summed E-state index contributed by atoms with van der Waals surface area (Å²) >= 11 is 0. The molecule has 1 fully saturated rings. The summed E-state index contributed by atoms with van der Waals surface area (Å²) in [6.45, 7) is -0.271. The first-order valence-corrected chi connectivity index (χ1v) is 3.36. The second-order valence-corrected chi connectivity index (χ2v) is 2.44. The Hall–Kier alpha value is -0.200. The lowest BCUT2D eigenvalue weighted by Gasteiger charge is -2.15. The summed E-state index contributed by atoms with van der Waals surface area (Å²) in [5, 5.41) is 26.8. The van der Waals surface area contributed by atoms with E-state index in [2.05, 4.69) is 0 Å². The van der Waals surface area contributed by atoms with Gasteiger partial charge in [-0.15, -0.1) is 0 Å². The Labute approximate surface area is 64.2 Å². The van der Waals surface area contributed by atoms with Crippen LogP contribution in [0, 0.1) is 0 Å². The van der Waals surface area contributed by atoms with Crippen molar-refractivity contribution >= 4 is 0 Å². The van der Waals surface area contributed by atoms with Crippen molar-refractivity contribution in [1.82, 2.24) is 0 Å². The van der Waals surface area contributed by atoms with Gasteiger partial charge in [0, 0.05) is 7.11 Å². The molecule has 0 bridgehead atoms. The fourth-order valence-electron chi connectivity index (χ4n) is 1.16. The number of aliphatic hydroxyl groups excluding tert-OH is 3. The van der Waals surface area contributed by atoms with E-state index in [1.54, 1.807) is 0 Å². The number of rotatable bonds is 2. The van der Waals surface area contributed by atoms with Crippen LogP contribution in [-0.2, 0) is 9.47 Å². The Bertz CT molecular complexity index is 128. The third-order valence-electron chi connectivity index (χ3n) is 1.76. The maximum Gasteiger partial charge on any atom is 0.184 e. The normalized spacial score (nSPS) is 44.7. The van der Waals surface area contributed by atoms with Crippen molar-refractivity contribution < 1.29 is 24.8 Å². The van der Waals surface area contributed by atoms with E-state index in [9.17, 15) is 0 Å². The summed E-state index contributed by atoms with van der Waals surface area (Å²) in [6.07, 6.45) is -3.60.